The summed E-state index contributed by atoms with van der Waals surface area (Å²) >= 11 is 0. The standard InChI is InChI=1S/C25H31N5O2/c1-18-7-4-9-21(17-18)28-13-15-29(16-14-28)22(31)10-5-11-26-25(32)23-20(3)27-24-19(2)8-6-12-30(23)24/h4,6-9,12,17H,5,10-11,13-16H2,1-3H3,(H,26,32). The number of carbonyl (C=O) groups is 2. The lowest BCUT2D eigenvalue weighted by molar-refractivity contribution is -0.131. The van der Waals surface area contributed by atoms with E-state index in [1.54, 1.807) is 0 Å². The van der Waals surface area contributed by atoms with E-state index in [1.807, 2.05) is 41.5 Å². The molecule has 0 saturated carbocycles. The predicted octanol–water partition coefficient (Wildman–Crippen LogP) is 3.12. The van der Waals surface area contributed by atoms with E-state index in [4.69, 9.17) is 0 Å². The van der Waals surface area contributed by atoms with Crippen LogP contribution in [0, 0.1) is 20.8 Å². The van der Waals surface area contributed by atoms with Gasteiger partial charge in [-0.2, -0.15) is 0 Å². The molecule has 0 aliphatic carbocycles. The Hall–Kier alpha value is -3.35. The van der Waals surface area contributed by atoms with E-state index in [-0.39, 0.29) is 11.8 Å². The van der Waals surface area contributed by atoms with Gasteiger partial charge in [-0.15, -0.1) is 0 Å². The van der Waals surface area contributed by atoms with Gasteiger partial charge in [-0.1, -0.05) is 18.2 Å². The fourth-order valence-electron chi connectivity index (χ4n) is 4.31. The van der Waals surface area contributed by atoms with Crippen LogP contribution in [0.25, 0.3) is 5.65 Å². The highest BCUT2D eigenvalue weighted by molar-refractivity contribution is 5.94. The number of anilines is 1. The van der Waals surface area contributed by atoms with Crippen LogP contribution >= 0.6 is 0 Å². The van der Waals surface area contributed by atoms with Gasteiger partial charge in [-0.05, 0) is 56.5 Å². The van der Waals surface area contributed by atoms with E-state index in [9.17, 15) is 9.59 Å². The molecule has 1 aromatic carbocycles. The average molecular weight is 434 g/mol. The third kappa shape index (κ3) is 4.61. The molecule has 0 radical (unpaired) electrons. The lowest BCUT2D eigenvalue weighted by atomic mass is 10.2. The smallest absolute Gasteiger partial charge is 0.270 e. The highest BCUT2D eigenvalue weighted by atomic mass is 16.2. The minimum atomic E-state index is -0.153. The van der Waals surface area contributed by atoms with Crippen molar-refractivity contribution in [3.63, 3.8) is 0 Å². The molecule has 1 fully saturated rings. The molecule has 1 aliphatic rings. The number of hydrogen-bond donors (Lipinski definition) is 1. The maximum absolute atomic E-state index is 12.7. The van der Waals surface area contributed by atoms with Gasteiger partial charge in [0.1, 0.15) is 11.3 Å². The maximum Gasteiger partial charge on any atom is 0.270 e. The summed E-state index contributed by atoms with van der Waals surface area (Å²) in [6.45, 7) is 9.56. The molecule has 3 heterocycles. The normalized spacial score (nSPS) is 14.1. The molecule has 0 atom stereocenters. The summed E-state index contributed by atoms with van der Waals surface area (Å²) in [4.78, 5) is 34.1. The number of fused-ring (bicyclic) bond motifs is 1. The summed E-state index contributed by atoms with van der Waals surface area (Å²) in [5.74, 6) is 0.00423. The van der Waals surface area contributed by atoms with Crippen molar-refractivity contribution in [2.75, 3.05) is 37.6 Å². The minimum absolute atomic E-state index is 0.153. The Morgan fingerprint density at radius 1 is 1.03 bits per heavy atom. The number of hydrogen-bond acceptors (Lipinski definition) is 4. The van der Waals surface area contributed by atoms with Crippen molar-refractivity contribution in [2.45, 2.75) is 33.6 Å². The zero-order valence-corrected chi connectivity index (χ0v) is 19.1. The molecular formula is C25H31N5O2. The van der Waals surface area contributed by atoms with E-state index < -0.39 is 0 Å². The molecule has 0 spiro atoms. The molecule has 4 rings (SSSR count). The largest absolute Gasteiger partial charge is 0.368 e. The monoisotopic (exact) mass is 433 g/mol. The van der Waals surface area contributed by atoms with Crippen molar-refractivity contribution >= 4 is 23.1 Å². The number of piperazine rings is 1. The van der Waals surface area contributed by atoms with Gasteiger partial charge < -0.3 is 15.1 Å². The summed E-state index contributed by atoms with van der Waals surface area (Å²) in [5.41, 5.74) is 5.56. The van der Waals surface area contributed by atoms with E-state index in [0.29, 0.717) is 30.8 Å². The van der Waals surface area contributed by atoms with Crippen LogP contribution < -0.4 is 10.2 Å². The Morgan fingerprint density at radius 2 is 1.81 bits per heavy atom. The van der Waals surface area contributed by atoms with Crippen LogP contribution in [0.1, 0.15) is 40.2 Å². The minimum Gasteiger partial charge on any atom is -0.368 e. The van der Waals surface area contributed by atoms with Gasteiger partial charge in [0.15, 0.2) is 0 Å². The molecule has 168 valence electrons. The Kier molecular flexibility index (Phi) is 6.44. The van der Waals surface area contributed by atoms with Gasteiger partial charge in [0.2, 0.25) is 5.91 Å². The molecule has 3 aromatic rings. The number of benzene rings is 1. The lowest BCUT2D eigenvalue weighted by Crippen LogP contribution is -2.48. The second-order valence-electron chi connectivity index (χ2n) is 8.50. The number of aryl methyl sites for hydroxylation is 3. The van der Waals surface area contributed by atoms with E-state index in [1.165, 1.54) is 11.3 Å². The van der Waals surface area contributed by atoms with E-state index in [0.717, 1.165) is 37.4 Å². The number of aromatic nitrogens is 2. The molecule has 7 nitrogen and oxygen atoms in total. The number of amides is 2. The van der Waals surface area contributed by atoms with Gasteiger partial charge in [0.05, 0.1) is 5.69 Å². The number of nitrogens with one attached hydrogen (secondary N) is 1. The first-order valence-electron chi connectivity index (χ1n) is 11.3. The topological polar surface area (TPSA) is 69.9 Å². The van der Waals surface area contributed by atoms with Crippen molar-refractivity contribution in [3.8, 4) is 0 Å². The lowest BCUT2D eigenvalue weighted by Gasteiger charge is -2.36. The maximum atomic E-state index is 12.7. The Labute approximate surface area is 189 Å². The number of rotatable bonds is 6. The van der Waals surface area contributed by atoms with Crippen LogP contribution in [0.5, 0.6) is 0 Å². The Morgan fingerprint density at radius 3 is 2.56 bits per heavy atom. The SMILES string of the molecule is Cc1cccc(N2CCN(C(=O)CCCNC(=O)c3c(C)nc4c(C)cccn34)CC2)c1. The fourth-order valence-corrected chi connectivity index (χ4v) is 4.31. The van der Waals surface area contributed by atoms with Crippen LogP contribution in [-0.2, 0) is 4.79 Å². The Balaban J connectivity index is 1.23. The van der Waals surface area contributed by atoms with Crippen LogP contribution in [0.15, 0.2) is 42.6 Å². The third-order valence-corrected chi connectivity index (χ3v) is 6.09. The highest BCUT2D eigenvalue weighted by Crippen LogP contribution is 2.18. The van der Waals surface area contributed by atoms with Crippen LogP contribution in [0.4, 0.5) is 5.69 Å². The molecular weight excluding hydrogens is 402 g/mol. The highest BCUT2D eigenvalue weighted by Gasteiger charge is 2.21. The second-order valence-corrected chi connectivity index (χ2v) is 8.50. The molecule has 2 aromatic heterocycles. The number of pyridine rings is 1. The zero-order chi connectivity index (χ0) is 22.7. The second kappa shape index (κ2) is 9.42. The summed E-state index contributed by atoms with van der Waals surface area (Å²) in [6.07, 6.45) is 2.92. The summed E-state index contributed by atoms with van der Waals surface area (Å²) < 4.78 is 1.83. The molecule has 0 bridgehead atoms. The first-order chi connectivity index (χ1) is 15.4. The van der Waals surface area contributed by atoms with Crippen molar-refractivity contribution in [1.29, 1.82) is 0 Å². The Bertz CT molecular complexity index is 1130. The van der Waals surface area contributed by atoms with Gasteiger partial charge in [0.25, 0.3) is 5.91 Å². The molecule has 7 heteroatoms. The van der Waals surface area contributed by atoms with Crippen molar-refractivity contribution in [2.24, 2.45) is 0 Å². The van der Waals surface area contributed by atoms with Crippen molar-refractivity contribution in [3.05, 3.63) is 65.1 Å². The van der Waals surface area contributed by atoms with Gasteiger partial charge in [-0.25, -0.2) is 4.98 Å². The molecule has 1 N–H and O–H groups in total. The fraction of sp³-hybridized carbons (Fsp3) is 0.400. The van der Waals surface area contributed by atoms with Crippen LogP contribution in [0.2, 0.25) is 0 Å². The van der Waals surface area contributed by atoms with E-state index in [2.05, 4.69) is 46.4 Å². The van der Waals surface area contributed by atoms with Gasteiger partial charge in [-0.3, -0.25) is 14.0 Å². The quantitative estimate of drug-likeness (QED) is 0.607. The molecule has 1 saturated heterocycles. The predicted molar refractivity (Wildman–Crippen MR) is 126 cm³/mol. The molecule has 32 heavy (non-hydrogen) atoms. The first-order valence-corrected chi connectivity index (χ1v) is 11.3. The van der Waals surface area contributed by atoms with Gasteiger partial charge >= 0.3 is 0 Å². The van der Waals surface area contributed by atoms with E-state index >= 15 is 0 Å². The van der Waals surface area contributed by atoms with Crippen molar-refractivity contribution in [1.82, 2.24) is 19.6 Å². The number of nitrogens with zero attached hydrogens (tertiary/aromatic N) is 4. The van der Waals surface area contributed by atoms with Crippen LogP contribution in [-0.4, -0.2) is 58.8 Å². The summed E-state index contributed by atoms with van der Waals surface area (Å²) in [6, 6.07) is 12.4. The zero-order valence-electron chi connectivity index (χ0n) is 19.1. The average Bonchev–Trinajstić information content (AvgIpc) is 3.14. The number of carbonyl (C=O) groups excluding carboxylic acids is 2. The van der Waals surface area contributed by atoms with Crippen molar-refractivity contribution < 1.29 is 9.59 Å². The summed E-state index contributed by atoms with van der Waals surface area (Å²) in [7, 11) is 0. The summed E-state index contributed by atoms with van der Waals surface area (Å²) in [5, 5.41) is 2.95. The molecule has 2 amide bonds. The number of imidazole rings is 1. The van der Waals surface area contributed by atoms with Crippen LogP contribution in [0.3, 0.4) is 0 Å². The first kappa shape index (κ1) is 21.9. The third-order valence-electron chi connectivity index (χ3n) is 6.09. The molecule has 0 unspecified atom stereocenters. The molecule has 1 aliphatic heterocycles. The van der Waals surface area contributed by atoms with Gasteiger partial charge in [0, 0.05) is 51.0 Å².